The van der Waals surface area contributed by atoms with E-state index in [9.17, 15) is 13.2 Å². The highest BCUT2D eigenvalue weighted by molar-refractivity contribution is 7.89. The van der Waals surface area contributed by atoms with Gasteiger partial charge in [0.05, 0.1) is 16.9 Å². The van der Waals surface area contributed by atoms with Gasteiger partial charge < -0.3 is 5.32 Å². The summed E-state index contributed by atoms with van der Waals surface area (Å²) in [5, 5.41) is 3.15. The predicted molar refractivity (Wildman–Crippen MR) is 115 cm³/mol. The first-order valence-corrected chi connectivity index (χ1v) is 11.7. The standard InChI is InChI=1S/C23H30N2O3S/c1-4-22(21-10-6-5-8-18(21)3)24-23(26)19-9-7-15-25(16-19)29(27,28)20-13-11-17(2)12-14-20/h5-6,8,10-14,19,22H,4,7,9,15-16H2,1-3H3,(H,24,26). The van der Waals surface area contributed by atoms with Crippen LogP contribution in [0.1, 0.15) is 48.9 Å². The first kappa shape index (κ1) is 21.5. The maximum Gasteiger partial charge on any atom is 0.243 e. The summed E-state index contributed by atoms with van der Waals surface area (Å²) < 4.78 is 27.5. The van der Waals surface area contributed by atoms with Crippen molar-refractivity contribution in [2.75, 3.05) is 13.1 Å². The summed E-state index contributed by atoms with van der Waals surface area (Å²) in [7, 11) is -3.58. The van der Waals surface area contributed by atoms with E-state index in [1.165, 1.54) is 4.31 Å². The molecule has 2 unspecified atom stereocenters. The van der Waals surface area contributed by atoms with Crippen molar-refractivity contribution in [3.8, 4) is 0 Å². The fourth-order valence-electron chi connectivity index (χ4n) is 3.90. The summed E-state index contributed by atoms with van der Waals surface area (Å²) in [5.41, 5.74) is 3.27. The Hall–Kier alpha value is -2.18. The molecule has 1 fully saturated rings. The number of benzene rings is 2. The molecule has 2 aromatic carbocycles. The van der Waals surface area contributed by atoms with Crippen molar-refractivity contribution in [1.29, 1.82) is 0 Å². The highest BCUT2D eigenvalue weighted by atomic mass is 32.2. The molecular formula is C23H30N2O3S. The summed E-state index contributed by atoms with van der Waals surface area (Å²) in [5.74, 6) is -0.397. The van der Waals surface area contributed by atoms with E-state index in [4.69, 9.17) is 0 Å². The van der Waals surface area contributed by atoms with E-state index >= 15 is 0 Å². The second-order valence-corrected chi connectivity index (χ2v) is 9.78. The van der Waals surface area contributed by atoms with Crippen LogP contribution in [-0.4, -0.2) is 31.7 Å². The molecule has 1 heterocycles. The van der Waals surface area contributed by atoms with Crippen LogP contribution in [0.3, 0.4) is 0 Å². The van der Waals surface area contributed by atoms with Gasteiger partial charge >= 0.3 is 0 Å². The molecule has 1 saturated heterocycles. The molecule has 0 aliphatic carbocycles. The minimum Gasteiger partial charge on any atom is -0.349 e. The van der Waals surface area contributed by atoms with Gasteiger partial charge in [0, 0.05) is 13.1 Å². The molecule has 0 saturated carbocycles. The van der Waals surface area contributed by atoms with Crippen LogP contribution in [0, 0.1) is 19.8 Å². The van der Waals surface area contributed by atoms with Gasteiger partial charge in [0.2, 0.25) is 15.9 Å². The van der Waals surface area contributed by atoms with Crippen molar-refractivity contribution in [1.82, 2.24) is 9.62 Å². The topological polar surface area (TPSA) is 66.5 Å². The van der Waals surface area contributed by atoms with E-state index < -0.39 is 10.0 Å². The Balaban J connectivity index is 1.72. The lowest BCUT2D eigenvalue weighted by atomic mass is 9.95. The lowest BCUT2D eigenvalue weighted by molar-refractivity contribution is -0.126. The fraction of sp³-hybridized carbons (Fsp3) is 0.435. The van der Waals surface area contributed by atoms with Crippen molar-refractivity contribution in [3.63, 3.8) is 0 Å². The van der Waals surface area contributed by atoms with Gasteiger partial charge in [-0.2, -0.15) is 4.31 Å². The van der Waals surface area contributed by atoms with Gasteiger partial charge in [0.1, 0.15) is 0 Å². The molecule has 3 rings (SSSR count). The summed E-state index contributed by atoms with van der Waals surface area (Å²) in [6.45, 7) is 6.70. The molecule has 6 heteroatoms. The van der Waals surface area contributed by atoms with E-state index in [-0.39, 0.29) is 29.3 Å². The number of piperidine rings is 1. The third kappa shape index (κ3) is 4.87. The van der Waals surface area contributed by atoms with Gasteiger partial charge in [0.15, 0.2) is 0 Å². The summed E-state index contributed by atoms with van der Waals surface area (Å²) >= 11 is 0. The van der Waals surface area contributed by atoms with E-state index in [1.807, 2.05) is 45.0 Å². The van der Waals surface area contributed by atoms with Gasteiger partial charge in [-0.25, -0.2) is 8.42 Å². The minimum absolute atomic E-state index is 0.0622. The first-order valence-electron chi connectivity index (χ1n) is 10.3. The summed E-state index contributed by atoms with van der Waals surface area (Å²) in [6.07, 6.45) is 2.18. The van der Waals surface area contributed by atoms with E-state index in [2.05, 4.69) is 5.32 Å². The number of aryl methyl sites for hydroxylation is 2. The molecule has 1 N–H and O–H groups in total. The van der Waals surface area contributed by atoms with E-state index in [0.717, 1.165) is 23.1 Å². The Labute approximate surface area is 174 Å². The maximum absolute atomic E-state index is 13.0. The van der Waals surface area contributed by atoms with Gasteiger partial charge in [0.25, 0.3) is 0 Å². The van der Waals surface area contributed by atoms with Gasteiger partial charge in [-0.1, -0.05) is 48.9 Å². The number of nitrogens with zero attached hydrogens (tertiary/aromatic N) is 1. The molecule has 1 amide bonds. The predicted octanol–water partition coefficient (Wildman–Crippen LogP) is 3.97. The first-order chi connectivity index (χ1) is 13.8. The fourth-order valence-corrected chi connectivity index (χ4v) is 5.42. The lowest BCUT2D eigenvalue weighted by Gasteiger charge is -2.32. The highest BCUT2D eigenvalue weighted by Crippen LogP contribution is 2.26. The van der Waals surface area contributed by atoms with Crippen LogP contribution in [0.25, 0.3) is 0 Å². The van der Waals surface area contributed by atoms with Crippen LogP contribution >= 0.6 is 0 Å². The van der Waals surface area contributed by atoms with Crippen LogP contribution < -0.4 is 5.32 Å². The molecule has 0 bridgehead atoms. The number of carbonyl (C=O) groups is 1. The Morgan fingerprint density at radius 2 is 1.83 bits per heavy atom. The Morgan fingerprint density at radius 1 is 1.14 bits per heavy atom. The number of amides is 1. The quantitative estimate of drug-likeness (QED) is 0.778. The van der Waals surface area contributed by atoms with E-state index in [1.54, 1.807) is 24.3 Å². The SMILES string of the molecule is CCC(NC(=O)C1CCCN(S(=O)(=O)c2ccc(C)cc2)C1)c1ccccc1C. The molecule has 29 heavy (non-hydrogen) atoms. The van der Waals surface area contributed by atoms with Crippen molar-refractivity contribution < 1.29 is 13.2 Å². The largest absolute Gasteiger partial charge is 0.349 e. The molecule has 1 aliphatic rings. The average molecular weight is 415 g/mol. The number of rotatable bonds is 6. The van der Waals surface area contributed by atoms with Crippen LogP contribution in [0.5, 0.6) is 0 Å². The third-order valence-corrected chi connectivity index (χ3v) is 7.58. The smallest absolute Gasteiger partial charge is 0.243 e. The van der Waals surface area contributed by atoms with Crippen LogP contribution in [-0.2, 0) is 14.8 Å². The van der Waals surface area contributed by atoms with E-state index in [0.29, 0.717) is 19.4 Å². The molecule has 0 radical (unpaired) electrons. The van der Waals surface area contributed by atoms with Gasteiger partial charge in [-0.15, -0.1) is 0 Å². The zero-order valence-electron chi connectivity index (χ0n) is 17.4. The number of nitrogens with one attached hydrogen (secondary N) is 1. The number of hydrogen-bond acceptors (Lipinski definition) is 3. The van der Waals surface area contributed by atoms with Crippen molar-refractivity contribution in [2.45, 2.75) is 51.0 Å². The number of hydrogen-bond donors (Lipinski definition) is 1. The van der Waals surface area contributed by atoms with Crippen molar-refractivity contribution in [2.24, 2.45) is 5.92 Å². The normalized spacial score (nSPS) is 18.9. The van der Waals surface area contributed by atoms with Crippen molar-refractivity contribution >= 4 is 15.9 Å². The number of carbonyl (C=O) groups excluding carboxylic acids is 1. The Morgan fingerprint density at radius 3 is 2.48 bits per heavy atom. The molecule has 2 aromatic rings. The monoisotopic (exact) mass is 414 g/mol. The second kappa shape index (κ2) is 9.09. The Kier molecular flexibility index (Phi) is 6.75. The Bertz CT molecular complexity index is 954. The van der Waals surface area contributed by atoms with Gasteiger partial charge in [-0.05, 0) is 56.4 Å². The molecule has 156 valence electrons. The molecule has 1 aliphatic heterocycles. The molecule has 2 atom stereocenters. The molecular weight excluding hydrogens is 384 g/mol. The zero-order chi connectivity index (χ0) is 21.0. The highest BCUT2D eigenvalue weighted by Gasteiger charge is 2.34. The molecule has 0 spiro atoms. The van der Waals surface area contributed by atoms with Crippen LogP contribution in [0.2, 0.25) is 0 Å². The molecule has 0 aromatic heterocycles. The summed E-state index contributed by atoms with van der Waals surface area (Å²) in [4.78, 5) is 13.3. The lowest BCUT2D eigenvalue weighted by Crippen LogP contribution is -2.46. The second-order valence-electron chi connectivity index (χ2n) is 7.84. The number of sulfonamides is 1. The maximum atomic E-state index is 13.0. The van der Waals surface area contributed by atoms with Crippen LogP contribution in [0.4, 0.5) is 0 Å². The van der Waals surface area contributed by atoms with Gasteiger partial charge in [-0.3, -0.25) is 4.79 Å². The minimum atomic E-state index is -3.58. The zero-order valence-corrected chi connectivity index (χ0v) is 18.2. The van der Waals surface area contributed by atoms with Crippen molar-refractivity contribution in [3.05, 3.63) is 65.2 Å². The third-order valence-electron chi connectivity index (χ3n) is 5.70. The average Bonchev–Trinajstić information content (AvgIpc) is 2.73. The summed E-state index contributed by atoms with van der Waals surface area (Å²) in [6, 6.07) is 14.9. The van der Waals surface area contributed by atoms with Crippen LogP contribution in [0.15, 0.2) is 53.4 Å². The molecule has 5 nitrogen and oxygen atoms in total.